The molecule has 11 N–H and O–H groups in total. The van der Waals surface area contributed by atoms with Crippen LogP contribution in [-0.2, 0) is 35.2 Å². The van der Waals surface area contributed by atoms with Crippen LogP contribution in [0.15, 0.2) is 65.7 Å². The lowest BCUT2D eigenvalue weighted by Gasteiger charge is -2.24. The summed E-state index contributed by atoms with van der Waals surface area (Å²) in [5.74, 6) is -5.98. The lowest BCUT2D eigenvalue weighted by atomic mass is 9.90. The fourth-order valence-corrected chi connectivity index (χ4v) is 5.14. The molecular weight excluding hydrogens is 644 g/mol. The smallest absolute Gasteiger partial charge is 0.251 e. The molecule has 0 fully saturated rings. The Morgan fingerprint density at radius 1 is 0.720 bits per heavy atom. The second-order valence-electron chi connectivity index (χ2n) is 12.3. The molecule has 2 aromatic carbocycles. The number of primary amides is 2. The van der Waals surface area contributed by atoms with Crippen LogP contribution in [0.3, 0.4) is 0 Å². The average Bonchev–Trinajstić information content (AvgIpc) is 3.06. The number of amides is 5. The van der Waals surface area contributed by atoms with Gasteiger partial charge in [0.05, 0.1) is 18.5 Å². The maximum absolute atomic E-state index is 13.8. The first-order valence-corrected chi connectivity index (χ1v) is 16.4. The molecule has 0 spiro atoms. The zero-order valence-electron chi connectivity index (χ0n) is 28.4. The number of carbonyl (C=O) groups excluding carboxylic acids is 7. The van der Waals surface area contributed by atoms with Crippen molar-refractivity contribution < 1.29 is 33.6 Å². The molecule has 270 valence electrons. The van der Waals surface area contributed by atoms with Crippen LogP contribution in [0.2, 0.25) is 0 Å². The Kier molecular flexibility index (Phi) is 16.8. The van der Waals surface area contributed by atoms with Crippen molar-refractivity contribution in [3.63, 3.8) is 0 Å². The Balaban J connectivity index is 2.27. The van der Waals surface area contributed by atoms with E-state index in [1.165, 1.54) is 0 Å². The second kappa shape index (κ2) is 20.7. The van der Waals surface area contributed by atoms with E-state index in [0.717, 1.165) is 5.56 Å². The number of hydrogen-bond donors (Lipinski definition) is 7. The standard InChI is InChI=1S/C35H48N8O7/c1-21(2)31(32(37)48)43-30(47)16-15-27(44)26(20-29(36)46)42-34(50)24(14-9-17-40-35(38)39)19-28(45)25(18-22-10-5-3-6-11-22)41-33(49)23-12-7-4-8-13-23/h3-8,10-13,21,24-26,31H,9,14-20H2,1-2H3,(H2,36,46)(H2,37,48)(H,41,49)(H,42,50)(H,43,47)(H4,38,39,40)/t24-,25+,26+,31?/m1/s1. The van der Waals surface area contributed by atoms with Crippen molar-refractivity contribution in [1.82, 2.24) is 16.0 Å². The molecule has 0 aliphatic carbocycles. The van der Waals surface area contributed by atoms with Gasteiger partial charge in [-0.05, 0) is 42.9 Å². The molecule has 1 unspecified atom stereocenters. The molecule has 15 nitrogen and oxygen atoms in total. The first-order chi connectivity index (χ1) is 23.7. The number of guanidine groups is 1. The Morgan fingerprint density at radius 2 is 1.34 bits per heavy atom. The number of rotatable bonds is 22. The summed E-state index contributed by atoms with van der Waals surface area (Å²) in [6, 6.07) is 14.1. The third-order valence-electron chi connectivity index (χ3n) is 7.83. The van der Waals surface area contributed by atoms with Crippen molar-refractivity contribution in [2.45, 2.75) is 76.9 Å². The molecule has 0 radical (unpaired) electrons. The van der Waals surface area contributed by atoms with Gasteiger partial charge in [-0.2, -0.15) is 0 Å². The molecule has 15 heteroatoms. The second-order valence-corrected chi connectivity index (χ2v) is 12.3. The normalized spacial score (nSPS) is 13.2. The van der Waals surface area contributed by atoms with Crippen molar-refractivity contribution in [2.75, 3.05) is 6.54 Å². The third-order valence-corrected chi connectivity index (χ3v) is 7.83. The minimum atomic E-state index is -1.39. The van der Waals surface area contributed by atoms with Crippen molar-refractivity contribution >= 4 is 47.1 Å². The van der Waals surface area contributed by atoms with Gasteiger partial charge in [0.15, 0.2) is 17.5 Å². The monoisotopic (exact) mass is 692 g/mol. The topological polar surface area (TPSA) is 272 Å². The molecular formula is C35H48N8O7. The number of ketones is 2. The highest BCUT2D eigenvalue weighted by molar-refractivity contribution is 5.99. The van der Waals surface area contributed by atoms with E-state index in [1.54, 1.807) is 56.3 Å². The summed E-state index contributed by atoms with van der Waals surface area (Å²) < 4.78 is 0. The predicted octanol–water partition coefficient (Wildman–Crippen LogP) is -0.00770. The summed E-state index contributed by atoms with van der Waals surface area (Å²) in [7, 11) is 0. The van der Waals surface area contributed by atoms with Gasteiger partial charge in [-0.3, -0.25) is 38.6 Å². The number of hydrogen-bond acceptors (Lipinski definition) is 8. The average molecular weight is 693 g/mol. The quantitative estimate of drug-likeness (QED) is 0.0496. The first-order valence-electron chi connectivity index (χ1n) is 16.4. The number of aliphatic imine (C=N–C) groups is 1. The van der Waals surface area contributed by atoms with Gasteiger partial charge in [0.1, 0.15) is 6.04 Å². The van der Waals surface area contributed by atoms with Gasteiger partial charge < -0.3 is 38.9 Å². The number of nitrogens with one attached hydrogen (secondary N) is 3. The molecule has 0 heterocycles. The number of benzene rings is 2. The minimum absolute atomic E-state index is 0.114. The highest BCUT2D eigenvalue weighted by Crippen LogP contribution is 2.18. The zero-order valence-corrected chi connectivity index (χ0v) is 28.4. The Hall–Kier alpha value is -5.60. The van der Waals surface area contributed by atoms with E-state index in [1.807, 2.05) is 18.2 Å². The van der Waals surface area contributed by atoms with Crippen LogP contribution in [0.25, 0.3) is 0 Å². The summed E-state index contributed by atoms with van der Waals surface area (Å²) in [6.07, 6.45) is -1.06. The van der Waals surface area contributed by atoms with E-state index in [2.05, 4.69) is 20.9 Å². The first kappa shape index (κ1) is 40.6. The number of carbonyl (C=O) groups is 7. The van der Waals surface area contributed by atoms with Gasteiger partial charge >= 0.3 is 0 Å². The number of nitrogens with two attached hydrogens (primary N) is 4. The minimum Gasteiger partial charge on any atom is -0.370 e. The molecule has 0 bridgehead atoms. The fourth-order valence-electron chi connectivity index (χ4n) is 5.14. The third kappa shape index (κ3) is 14.7. The van der Waals surface area contributed by atoms with E-state index in [0.29, 0.717) is 5.56 Å². The molecule has 0 saturated carbocycles. The maximum Gasteiger partial charge on any atom is 0.251 e. The van der Waals surface area contributed by atoms with E-state index in [4.69, 9.17) is 22.9 Å². The van der Waals surface area contributed by atoms with Gasteiger partial charge in [-0.1, -0.05) is 62.4 Å². The SMILES string of the molecule is CC(C)C(NC(=O)CCC(=O)[C@H](CC(N)=O)NC(=O)[C@H](CCCN=C(N)N)CC(=O)[C@H](Cc1ccccc1)NC(=O)c1ccccc1)C(N)=O. The molecule has 0 saturated heterocycles. The highest BCUT2D eigenvalue weighted by Gasteiger charge is 2.31. The Morgan fingerprint density at radius 3 is 1.90 bits per heavy atom. The van der Waals surface area contributed by atoms with Crippen LogP contribution >= 0.6 is 0 Å². The van der Waals surface area contributed by atoms with E-state index < -0.39 is 71.6 Å². The predicted molar refractivity (Wildman–Crippen MR) is 187 cm³/mol. The molecule has 2 rings (SSSR count). The van der Waals surface area contributed by atoms with Crippen molar-refractivity contribution in [3.8, 4) is 0 Å². The number of Topliss-reactive ketones (excluding diaryl/α,β-unsaturated/α-hetero) is 2. The van der Waals surface area contributed by atoms with Crippen molar-refractivity contribution in [1.29, 1.82) is 0 Å². The molecule has 4 atom stereocenters. The molecule has 50 heavy (non-hydrogen) atoms. The van der Waals surface area contributed by atoms with Crippen LogP contribution < -0.4 is 38.9 Å². The fraction of sp³-hybridized carbons (Fsp3) is 0.429. The Bertz CT molecular complexity index is 1510. The summed E-state index contributed by atoms with van der Waals surface area (Å²) >= 11 is 0. The van der Waals surface area contributed by atoms with Gasteiger partial charge in [0.2, 0.25) is 23.6 Å². The summed E-state index contributed by atoms with van der Waals surface area (Å²) in [5.41, 5.74) is 22.7. The van der Waals surface area contributed by atoms with Crippen LogP contribution in [0.5, 0.6) is 0 Å². The Labute approximate surface area is 291 Å². The van der Waals surface area contributed by atoms with E-state index in [-0.39, 0.29) is 56.9 Å². The largest absolute Gasteiger partial charge is 0.370 e. The molecule has 0 aromatic heterocycles. The van der Waals surface area contributed by atoms with Crippen molar-refractivity contribution in [2.24, 2.45) is 39.8 Å². The van der Waals surface area contributed by atoms with Gasteiger partial charge in [-0.25, -0.2) is 0 Å². The lowest BCUT2D eigenvalue weighted by molar-refractivity contribution is -0.134. The van der Waals surface area contributed by atoms with Crippen LogP contribution in [0, 0.1) is 11.8 Å². The number of nitrogens with zero attached hydrogens (tertiary/aromatic N) is 1. The molecule has 0 aliphatic heterocycles. The van der Waals surface area contributed by atoms with Crippen LogP contribution in [0.1, 0.15) is 68.3 Å². The molecule has 5 amide bonds. The van der Waals surface area contributed by atoms with Crippen molar-refractivity contribution in [3.05, 3.63) is 71.8 Å². The van der Waals surface area contributed by atoms with Crippen LogP contribution in [0.4, 0.5) is 0 Å². The van der Waals surface area contributed by atoms with Gasteiger partial charge in [0, 0.05) is 37.3 Å². The van der Waals surface area contributed by atoms with Gasteiger partial charge in [-0.15, -0.1) is 0 Å². The van der Waals surface area contributed by atoms with E-state index >= 15 is 0 Å². The maximum atomic E-state index is 13.8. The highest BCUT2D eigenvalue weighted by atomic mass is 16.2. The molecule has 0 aliphatic rings. The van der Waals surface area contributed by atoms with Crippen LogP contribution in [-0.4, -0.2) is 71.7 Å². The molecule has 2 aromatic rings. The summed E-state index contributed by atoms with van der Waals surface area (Å²) in [4.78, 5) is 93.7. The summed E-state index contributed by atoms with van der Waals surface area (Å²) in [5, 5.41) is 7.81. The zero-order chi connectivity index (χ0) is 37.2. The lowest BCUT2D eigenvalue weighted by Crippen LogP contribution is -2.49. The summed E-state index contributed by atoms with van der Waals surface area (Å²) in [6.45, 7) is 3.54. The van der Waals surface area contributed by atoms with Gasteiger partial charge in [0.25, 0.3) is 5.91 Å². The van der Waals surface area contributed by atoms with E-state index in [9.17, 15) is 33.6 Å².